The summed E-state index contributed by atoms with van der Waals surface area (Å²) in [6.45, 7) is 1.64. The second-order valence-electron chi connectivity index (χ2n) is 10.9. The van der Waals surface area contributed by atoms with Gasteiger partial charge in [-0.1, -0.05) is 42.6 Å². The van der Waals surface area contributed by atoms with Gasteiger partial charge in [-0.05, 0) is 61.0 Å². The number of rotatable bonds is 7. The fraction of sp³-hybridized carbons (Fsp3) is 0.467. The molecular formula is C30H32ClN3O5S. The number of carboxylic acids is 1. The van der Waals surface area contributed by atoms with Crippen LogP contribution in [0.25, 0.3) is 10.1 Å². The van der Waals surface area contributed by atoms with E-state index in [0.717, 1.165) is 46.2 Å². The van der Waals surface area contributed by atoms with Crippen molar-refractivity contribution in [3.63, 3.8) is 0 Å². The third-order valence-electron chi connectivity index (χ3n) is 8.64. The summed E-state index contributed by atoms with van der Waals surface area (Å²) in [5.74, 6) is -1.64. The minimum Gasteiger partial charge on any atom is -0.487 e. The Morgan fingerprint density at radius 3 is 2.62 bits per heavy atom. The number of hydrogen-bond acceptors (Lipinski definition) is 6. The maximum Gasteiger partial charge on any atom is 0.307 e. The number of fused-ring (bicyclic) bond motifs is 2. The van der Waals surface area contributed by atoms with Crippen LogP contribution in [0.4, 0.5) is 0 Å². The zero-order valence-electron chi connectivity index (χ0n) is 22.2. The van der Waals surface area contributed by atoms with Crippen LogP contribution in [0.5, 0.6) is 5.75 Å². The fourth-order valence-electron chi connectivity index (χ4n) is 6.59. The summed E-state index contributed by atoms with van der Waals surface area (Å²) in [6.07, 6.45) is 4.53. The van der Waals surface area contributed by atoms with Gasteiger partial charge in [0.25, 0.3) is 0 Å². The van der Waals surface area contributed by atoms with E-state index in [0.29, 0.717) is 56.1 Å². The van der Waals surface area contributed by atoms with E-state index in [1.165, 1.54) is 11.5 Å². The molecule has 8 nitrogen and oxygen atoms in total. The Bertz CT molecular complexity index is 1460. The van der Waals surface area contributed by atoms with Crippen molar-refractivity contribution in [2.75, 3.05) is 19.6 Å². The SMILES string of the molecule is O=C(O)C1CCCCC1C(=O)N1CCc2c(Cl)ccc(OCc3nsc4ccccc34)c2[C@H]1CN1CCCC1=O. The van der Waals surface area contributed by atoms with Crippen molar-refractivity contribution in [3.05, 3.63) is 58.2 Å². The average molecular weight is 582 g/mol. The fourth-order valence-corrected chi connectivity index (χ4v) is 7.63. The smallest absolute Gasteiger partial charge is 0.307 e. The molecule has 0 spiro atoms. The molecule has 2 amide bonds. The monoisotopic (exact) mass is 581 g/mol. The standard InChI is InChI=1S/C30H32ClN3O5S/c31-22-11-12-25(39-17-23-21-8-3-4-9-26(21)40-32-23)28-20(22)13-15-34(24(28)16-33-14-5-10-27(33)35)29(36)18-6-1-2-7-19(18)30(37)38/h3-4,8-9,11-12,18-19,24H,1-2,5-7,10,13-17H2,(H,37,38)/t18?,19?,24-/m1/s1. The van der Waals surface area contributed by atoms with Crippen molar-refractivity contribution in [3.8, 4) is 5.75 Å². The van der Waals surface area contributed by atoms with E-state index >= 15 is 0 Å². The lowest BCUT2D eigenvalue weighted by atomic mass is 9.77. The van der Waals surface area contributed by atoms with Crippen LogP contribution in [0.3, 0.4) is 0 Å². The number of likely N-dealkylation sites (tertiary alicyclic amines) is 1. The van der Waals surface area contributed by atoms with Crippen LogP contribution in [-0.4, -0.2) is 56.7 Å². The molecule has 1 saturated carbocycles. The number of hydrogen-bond donors (Lipinski definition) is 1. The number of benzene rings is 2. The normalized spacial score (nSPS) is 22.9. The van der Waals surface area contributed by atoms with E-state index in [2.05, 4.69) is 4.37 Å². The zero-order chi connectivity index (χ0) is 27.8. The highest BCUT2D eigenvalue weighted by Gasteiger charge is 2.43. The van der Waals surface area contributed by atoms with Gasteiger partial charge in [-0.2, -0.15) is 4.37 Å². The number of nitrogens with zero attached hydrogens (tertiary/aromatic N) is 3. The summed E-state index contributed by atoms with van der Waals surface area (Å²) in [6, 6.07) is 11.2. The van der Waals surface area contributed by atoms with E-state index in [-0.39, 0.29) is 18.4 Å². The van der Waals surface area contributed by atoms with Gasteiger partial charge in [-0.25, -0.2) is 0 Å². The van der Waals surface area contributed by atoms with Gasteiger partial charge in [0.1, 0.15) is 12.4 Å². The number of ether oxygens (including phenoxy) is 1. The number of carbonyl (C=O) groups is 3. The average Bonchev–Trinajstić information content (AvgIpc) is 3.58. The topological polar surface area (TPSA) is 100 Å². The Morgan fingerprint density at radius 2 is 1.85 bits per heavy atom. The molecule has 210 valence electrons. The largest absolute Gasteiger partial charge is 0.487 e. The molecule has 1 N–H and O–H groups in total. The Kier molecular flexibility index (Phi) is 7.68. The molecule has 0 bridgehead atoms. The Balaban J connectivity index is 1.36. The lowest BCUT2D eigenvalue weighted by molar-refractivity contribution is -0.154. The number of aromatic nitrogens is 1. The quantitative estimate of drug-likeness (QED) is 0.397. The predicted octanol–water partition coefficient (Wildman–Crippen LogP) is 5.47. The highest BCUT2D eigenvalue weighted by molar-refractivity contribution is 7.13. The van der Waals surface area contributed by atoms with Gasteiger partial charge in [0.05, 0.1) is 28.3 Å². The lowest BCUT2D eigenvalue weighted by Crippen LogP contribution is -2.50. The van der Waals surface area contributed by atoms with Gasteiger partial charge in [0.2, 0.25) is 11.8 Å². The summed E-state index contributed by atoms with van der Waals surface area (Å²) in [5, 5.41) is 11.5. The summed E-state index contributed by atoms with van der Waals surface area (Å²) in [4.78, 5) is 42.5. The molecule has 3 heterocycles. The van der Waals surface area contributed by atoms with Gasteiger partial charge < -0.3 is 19.6 Å². The van der Waals surface area contributed by atoms with E-state index in [4.69, 9.17) is 16.3 Å². The van der Waals surface area contributed by atoms with Crippen molar-refractivity contribution in [1.82, 2.24) is 14.2 Å². The van der Waals surface area contributed by atoms with Crippen molar-refractivity contribution < 1.29 is 24.2 Å². The van der Waals surface area contributed by atoms with E-state index in [1.807, 2.05) is 41.3 Å². The third-order valence-corrected chi connectivity index (χ3v) is 9.86. The highest BCUT2D eigenvalue weighted by atomic mass is 35.5. The van der Waals surface area contributed by atoms with Gasteiger partial charge in [-0.15, -0.1) is 0 Å². The summed E-state index contributed by atoms with van der Waals surface area (Å²) < 4.78 is 12.1. The Morgan fingerprint density at radius 1 is 1.05 bits per heavy atom. The van der Waals surface area contributed by atoms with Crippen molar-refractivity contribution in [2.45, 2.75) is 57.6 Å². The molecule has 3 aliphatic rings. The minimum atomic E-state index is -0.913. The number of aliphatic carboxylic acids is 1. The van der Waals surface area contributed by atoms with Crippen LogP contribution in [0, 0.1) is 11.8 Å². The second kappa shape index (κ2) is 11.4. The molecule has 0 radical (unpaired) electrons. The molecule has 1 aliphatic carbocycles. The highest BCUT2D eigenvalue weighted by Crippen LogP contribution is 2.43. The van der Waals surface area contributed by atoms with Crippen LogP contribution in [-0.2, 0) is 27.4 Å². The maximum atomic E-state index is 14.1. The van der Waals surface area contributed by atoms with Crippen LogP contribution >= 0.6 is 23.1 Å². The molecule has 2 fully saturated rings. The number of amides is 2. The molecule has 3 aromatic rings. The van der Waals surface area contributed by atoms with E-state index in [1.54, 1.807) is 4.90 Å². The molecule has 10 heteroatoms. The van der Waals surface area contributed by atoms with Crippen molar-refractivity contribution in [1.29, 1.82) is 0 Å². The van der Waals surface area contributed by atoms with Crippen LogP contribution in [0.1, 0.15) is 61.4 Å². The zero-order valence-corrected chi connectivity index (χ0v) is 23.8. The summed E-state index contributed by atoms with van der Waals surface area (Å²) >= 11 is 8.14. The van der Waals surface area contributed by atoms with Crippen molar-refractivity contribution in [2.24, 2.45) is 11.8 Å². The molecule has 2 aromatic carbocycles. The molecule has 2 aliphatic heterocycles. The van der Waals surface area contributed by atoms with Gasteiger partial charge >= 0.3 is 5.97 Å². The third kappa shape index (κ3) is 5.05. The summed E-state index contributed by atoms with van der Waals surface area (Å²) in [5.41, 5.74) is 2.57. The molecule has 6 rings (SSSR count). The van der Waals surface area contributed by atoms with Gasteiger partial charge in [0.15, 0.2) is 0 Å². The van der Waals surface area contributed by atoms with E-state index in [9.17, 15) is 19.5 Å². The first-order chi connectivity index (χ1) is 19.4. The van der Waals surface area contributed by atoms with E-state index < -0.39 is 23.8 Å². The predicted molar refractivity (Wildman–Crippen MR) is 152 cm³/mol. The molecular weight excluding hydrogens is 550 g/mol. The number of carbonyl (C=O) groups excluding carboxylic acids is 2. The molecule has 1 saturated heterocycles. The van der Waals surface area contributed by atoms with Crippen LogP contribution < -0.4 is 4.74 Å². The molecule has 2 unspecified atom stereocenters. The van der Waals surface area contributed by atoms with Crippen LogP contribution in [0.2, 0.25) is 5.02 Å². The molecule has 3 atom stereocenters. The number of carboxylic acid groups (broad SMARTS) is 1. The number of halogens is 1. The maximum absolute atomic E-state index is 14.1. The first kappa shape index (κ1) is 27.0. The van der Waals surface area contributed by atoms with Crippen molar-refractivity contribution >= 4 is 51.0 Å². The summed E-state index contributed by atoms with van der Waals surface area (Å²) in [7, 11) is 0. The molecule has 1 aromatic heterocycles. The van der Waals surface area contributed by atoms with Gasteiger partial charge in [-0.3, -0.25) is 14.4 Å². The Labute approximate surface area is 242 Å². The minimum absolute atomic E-state index is 0.0686. The first-order valence-electron chi connectivity index (χ1n) is 14.0. The Hall–Kier alpha value is -3.17. The van der Waals surface area contributed by atoms with Gasteiger partial charge in [0, 0.05) is 42.0 Å². The lowest BCUT2D eigenvalue weighted by Gasteiger charge is -2.43. The second-order valence-corrected chi connectivity index (χ2v) is 12.1. The first-order valence-corrected chi connectivity index (χ1v) is 15.2. The van der Waals surface area contributed by atoms with Crippen LogP contribution in [0.15, 0.2) is 36.4 Å². The molecule has 40 heavy (non-hydrogen) atoms.